The molecule has 1 aromatic heterocycles. The summed E-state index contributed by atoms with van der Waals surface area (Å²) in [6.45, 7) is 1.90. The summed E-state index contributed by atoms with van der Waals surface area (Å²) >= 11 is 0. The van der Waals surface area contributed by atoms with Crippen LogP contribution in [0.1, 0.15) is 37.4 Å². The summed E-state index contributed by atoms with van der Waals surface area (Å²) in [7, 11) is 0. The van der Waals surface area contributed by atoms with Crippen LogP contribution in [0.3, 0.4) is 0 Å². The molecule has 0 spiro atoms. The summed E-state index contributed by atoms with van der Waals surface area (Å²) in [5.74, 6) is -2.09. The number of aromatic amines is 1. The van der Waals surface area contributed by atoms with Crippen LogP contribution in [-0.2, 0) is 11.3 Å². The predicted octanol–water partition coefficient (Wildman–Crippen LogP) is 3.97. The van der Waals surface area contributed by atoms with Crippen LogP contribution in [0.15, 0.2) is 78.6 Å². The van der Waals surface area contributed by atoms with Crippen LogP contribution >= 0.6 is 0 Å². The topological polar surface area (TPSA) is 132 Å². The Morgan fingerprint density at radius 2 is 1.80 bits per heavy atom. The number of phenolic OH excluding ortho intramolecular Hbond substituents is 1. The number of phenols is 1. The van der Waals surface area contributed by atoms with Gasteiger partial charge in [0.05, 0.1) is 0 Å². The van der Waals surface area contributed by atoms with Gasteiger partial charge in [-0.05, 0) is 77.5 Å². The van der Waals surface area contributed by atoms with Crippen molar-refractivity contribution in [3.8, 4) is 5.75 Å². The molecule has 2 amide bonds. The first-order valence-corrected chi connectivity index (χ1v) is 10.8. The molecule has 4 aromatic rings. The molecule has 0 atom stereocenters. The minimum absolute atomic E-state index is 0.114. The van der Waals surface area contributed by atoms with Crippen LogP contribution in [0.2, 0.25) is 0 Å². The number of rotatable bonds is 7. The Hall–Kier alpha value is -4.85. The molecule has 0 radical (unpaired) electrons. The molecule has 0 bridgehead atoms. The van der Waals surface area contributed by atoms with Crippen molar-refractivity contribution >= 4 is 34.8 Å². The fourth-order valence-electron chi connectivity index (χ4n) is 3.67. The molecule has 0 aliphatic rings. The second-order valence-corrected chi connectivity index (χ2v) is 8.02. The highest BCUT2D eigenvalue weighted by molar-refractivity contribution is 6.04. The summed E-state index contributed by atoms with van der Waals surface area (Å²) in [5.41, 5.74) is 3.07. The molecular weight excluding hydrogens is 446 g/mol. The second-order valence-electron chi connectivity index (χ2n) is 8.02. The van der Waals surface area contributed by atoms with E-state index in [4.69, 9.17) is 0 Å². The summed E-state index contributed by atoms with van der Waals surface area (Å²) in [4.78, 5) is 40.2. The number of aryl methyl sites for hydroxylation is 1. The van der Waals surface area contributed by atoms with Gasteiger partial charge in [0.2, 0.25) is 0 Å². The number of carbonyl (C=O) groups is 3. The van der Waals surface area contributed by atoms with E-state index in [0.717, 1.165) is 16.5 Å². The number of hydrogen-bond donors (Lipinski definition) is 5. The number of fused-ring (bicyclic) bond motifs is 1. The van der Waals surface area contributed by atoms with E-state index in [1.54, 1.807) is 55.6 Å². The Bertz CT molecular complexity index is 1470. The molecule has 0 aliphatic carbocycles. The zero-order chi connectivity index (χ0) is 24.9. The molecule has 176 valence electrons. The third-order valence-electron chi connectivity index (χ3n) is 5.47. The Morgan fingerprint density at radius 1 is 0.971 bits per heavy atom. The fraction of sp³-hybridized carbons (Fsp3) is 0.0741. The van der Waals surface area contributed by atoms with Crippen molar-refractivity contribution < 1.29 is 24.6 Å². The number of aromatic hydroxyl groups is 1. The average Bonchev–Trinajstić information content (AvgIpc) is 3.30. The number of carboxylic acids is 1. The number of aromatic nitrogens is 1. The van der Waals surface area contributed by atoms with Crippen LogP contribution in [0, 0.1) is 6.92 Å². The highest BCUT2D eigenvalue weighted by Crippen LogP contribution is 2.17. The molecule has 5 N–H and O–H groups in total. The van der Waals surface area contributed by atoms with E-state index in [1.807, 2.05) is 12.1 Å². The normalized spacial score (nSPS) is 11.3. The Labute approximate surface area is 200 Å². The van der Waals surface area contributed by atoms with Gasteiger partial charge in [0, 0.05) is 29.4 Å². The first-order chi connectivity index (χ1) is 16.8. The molecule has 1 heterocycles. The minimum atomic E-state index is -1.27. The molecular formula is C27H23N3O5. The second kappa shape index (κ2) is 9.96. The van der Waals surface area contributed by atoms with Crippen molar-refractivity contribution in [1.29, 1.82) is 0 Å². The minimum Gasteiger partial charge on any atom is -0.508 e. The van der Waals surface area contributed by atoms with Gasteiger partial charge < -0.3 is 25.8 Å². The van der Waals surface area contributed by atoms with Crippen LogP contribution in [0.25, 0.3) is 17.0 Å². The number of aliphatic carboxylic acids is 1. The number of amides is 2. The van der Waals surface area contributed by atoms with E-state index < -0.39 is 11.9 Å². The van der Waals surface area contributed by atoms with Gasteiger partial charge >= 0.3 is 5.97 Å². The first kappa shape index (κ1) is 23.3. The number of benzene rings is 3. The van der Waals surface area contributed by atoms with E-state index in [9.17, 15) is 24.6 Å². The van der Waals surface area contributed by atoms with Gasteiger partial charge in [0.25, 0.3) is 11.8 Å². The van der Waals surface area contributed by atoms with Gasteiger partial charge in [-0.2, -0.15) is 0 Å². The third-order valence-corrected chi connectivity index (χ3v) is 5.47. The van der Waals surface area contributed by atoms with Crippen molar-refractivity contribution in [1.82, 2.24) is 15.6 Å². The first-order valence-electron chi connectivity index (χ1n) is 10.8. The molecule has 3 aromatic carbocycles. The van der Waals surface area contributed by atoms with Crippen molar-refractivity contribution in [3.05, 3.63) is 106 Å². The molecule has 0 saturated heterocycles. The fourth-order valence-corrected chi connectivity index (χ4v) is 3.67. The van der Waals surface area contributed by atoms with Crippen molar-refractivity contribution in [2.24, 2.45) is 0 Å². The van der Waals surface area contributed by atoms with Gasteiger partial charge in [-0.25, -0.2) is 4.79 Å². The SMILES string of the molecule is Cc1cc(C(=O)NCc2cccc(O)c2)ccc1C(=O)N/C(=C/c1ccc2cc[nH]c2c1)C(=O)O. The molecule has 4 rings (SSSR count). The van der Waals surface area contributed by atoms with E-state index in [-0.39, 0.29) is 29.5 Å². The van der Waals surface area contributed by atoms with Gasteiger partial charge in [-0.3, -0.25) is 9.59 Å². The van der Waals surface area contributed by atoms with E-state index in [1.165, 1.54) is 18.2 Å². The van der Waals surface area contributed by atoms with Crippen LogP contribution in [0.4, 0.5) is 0 Å². The lowest BCUT2D eigenvalue weighted by atomic mass is 10.0. The quantitative estimate of drug-likeness (QED) is 0.261. The number of carbonyl (C=O) groups excluding carboxylic acids is 2. The van der Waals surface area contributed by atoms with Crippen molar-refractivity contribution in [2.45, 2.75) is 13.5 Å². The Kier molecular flexibility index (Phi) is 6.64. The van der Waals surface area contributed by atoms with Crippen LogP contribution in [-0.4, -0.2) is 33.0 Å². The standard InChI is InChI=1S/C27H23N3O5/c1-16-11-20(25(32)29-15-18-3-2-4-21(31)12-18)7-8-22(16)26(33)30-24(27(34)35)14-17-5-6-19-9-10-28-23(19)13-17/h2-14,28,31H,15H2,1H3,(H,29,32)(H,30,33)(H,34,35)/b24-14+. The van der Waals surface area contributed by atoms with Gasteiger partial charge in [-0.1, -0.05) is 24.3 Å². The number of nitrogens with one attached hydrogen (secondary N) is 3. The number of H-pyrrole nitrogens is 1. The van der Waals surface area contributed by atoms with Crippen molar-refractivity contribution in [3.63, 3.8) is 0 Å². The Balaban J connectivity index is 1.47. The molecule has 8 heteroatoms. The largest absolute Gasteiger partial charge is 0.508 e. The molecule has 0 fully saturated rings. The van der Waals surface area contributed by atoms with E-state index in [0.29, 0.717) is 16.7 Å². The molecule has 35 heavy (non-hydrogen) atoms. The zero-order valence-corrected chi connectivity index (χ0v) is 18.8. The highest BCUT2D eigenvalue weighted by Gasteiger charge is 2.17. The molecule has 0 aliphatic heterocycles. The monoisotopic (exact) mass is 469 g/mol. The summed E-state index contributed by atoms with van der Waals surface area (Å²) in [6.07, 6.45) is 3.18. The maximum atomic E-state index is 12.8. The molecule has 8 nitrogen and oxygen atoms in total. The predicted molar refractivity (Wildman–Crippen MR) is 132 cm³/mol. The van der Waals surface area contributed by atoms with E-state index >= 15 is 0 Å². The van der Waals surface area contributed by atoms with Gasteiger partial charge in [-0.15, -0.1) is 0 Å². The lowest BCUT2D eigenvalue weighted by Gasteiger charge is -2.11. The lowest BCUT2D eigenvalue weighted by molar-refractivity contribution is -0.132. The molecule has 0 saturated carbocycles. The average molecular weight is 469 g/mol. The maximum absolute atomic E-state index is 12.8. The Morgan fingerprint density at radius 3 is 2.54 bits per heavy atom. The van der Waals surface area contributed by atoms with Crippen molar-refractivity contribution in [2.75, 3.05) is 0 Å². The summed E-state index contributed by atoms with van der Waals surface area (Å²) in [5, 5.41) is 25.3. The molecule has 0 unspecified atom stereocenters. The van der Waals surface area contributed by atoms with Crippen LogP contribution < -0.4 is 10.6 Å². The van der Waals surface area contributed by atoms with Gasteiger partial charge in [0.1, 0.15) is 11.4 Å². The zero-order valence-electron chi connectivity index (χ0n) is 18.8. The smallest absolute Gasteiger partial charge is 0.352 e. The van der Waals surface area contributed by atoms with E-state index in [2.05, 4.69) is 15.6 Å². The highest BCUT2D eigenvalue weighted by atomic mass is 16.4. The maximum Gasteiger partial charge on any atom is 0.352 e. The number of carboxylic acid groups (broad SMARTS) is 1. The summed E-state index contributed by atoms with van der Waals surface area (Å²) in [6, 6.07) is 18.4. The summed E-state index contributed by atoms with van der Waals surface area (Å²) < 4.78 is 0. The lowest BCUT2D eigenvalue weighted by Crippen LogP contribution is -2.28. The van der Waals surface area contributed by atoms with Crippen LogP contribution in [0.5, 0.6) is 5.75 Å². The van der Waals surface area contributed by atoms with Gasteiger partial charge in [0.15, 0.2) is 0 Å². The third kappa shape index (κ3) is 5.56. The number of hydrogen-bond acceptors (Lipinski definition) is 4.